The SMILES string of the molecule is Oc1ccc2cccc(O)c2c1.Oc1cccc2ccccc12. The van der Waals surface area contributed by atoms with E-state index in [2.05, 4.69) is 0 Å². The molecule has 0 heterocycles. The second kappa shape index (κ2) is 6.28. The van der Waals surface area contributed by atoms with Gasteiger partial charge in [-0.2, -0.15) is 0 Å². The summed E-state index contributed by atoms with van der Waals surface area (Å²) < 4.78 is 0. The minimum atomic E-state index is 0.170. The Kier molecular flexibility index (Phi) is 4.02. The van der Waals surface area contributed by atoms with Gasteiger partial charge in [0.1, 0.15) is 17.2 Å². The molecule has 0 bridgehead atoms. The summed E-state index contributed by atoms with van der Waals surface area (Å²) in [6.07, 6.45) is 0. The Morgan fingerprint density at radius 3 is 1.74 bits per heavy atom. The summed E-state index contributed by atoms with van der Waals surface area (Å²) in [5.74, 6) is 0.718. The molecule has 4 rings (SSSR count). The molecule has 0 fully saturated rings. The van der Waals surface area contributed by atoms with Gasteiger partial charge in [-0.15, -0.1) is 0 Å². The highest BCUT2D eigenvalue weighted by Crippen LogP contribution is 2.27. The molecule has 3 nitrogen and oxygen atoms in total. The van der Waals surface area contributed by atoms with E-state index in [1.165, 1.54) is 0 Å². The number of hydrogen-bond acceptors (Lipinski definition) is 3. The lowest BCUT2D eigenvalue weighted by molar-refractivity contribution is 0.471. The van der Waals surface area contributed by atoms with Crippen LogP contribution in [-0.4, -0.2) is 15.3 Å². The molecule has 0 radical (unpaired) electrons. The third-order valence-corrected chi connectivity index (χ3v) is 3.61. The van der Waals surface area contributed by atoms with Crippen LogP contribution in [0.25, 0.3) is 21.5 Å². The van der Waals surface area contributed by atoms with Gasteiger partial charge < -0.3 is 15.3 Å². The van der Waals surface area contributed by atoms with Crippen LogP contribution < -0.4 is 0 Å². The predicted octanol–water partition coefficient (Wildman–Crippen LogP) is 4.80. The van der Waals surface area contributed by atoms with E-state index in [1.54, 1.807) is 36.4 Å². The van der Waals surface area contributed by atoms with Crippen LogP contribution in [0.5, 0.6) is 17.2 Å². The van der Waals surface area contributed by atoms with Crippen LogP contribution in [-0.2, 0) is 0 Å². The third kappa shape index (κ3) is 3.19. The Balaban J connectivity index is 0.000000136. The molecule has 3 heteroatoms. The van der Waals surface area contributed by atoms with Crippen LogP contribution in [0, 0.1) is 0 Å². The minimum Gasteiger partial charge on any atom is -0.508 e. The number of rotatable bonds is 0. The number of phenols is 3. The van der Waals surface area contributed by atoms with E-state index < -0.39 is 0 Å². The molecule has 0 saturated heterocycles. The monoisotopic (exact) mass is 304 g/mol. The fourth-order valence-electron chi connectivity index (χ4n) is 2.45. The van der Waals surface area contributed by atoms with Gasteiger partial charge in [-0.3, -0.25) is 0 Å². The number of phenolic OH excluding ortho intramolecular Hbond substituents is 3. The molecule has 3 N–H and O–H groups in total. The largest absolute Gasteiger partial charge is 0.508 e. The maximum absolute atomic E-state index is 9.38. The van der Waals surface area contributed by atoms with Gasteiger partial charge in [0.05, 0.1) is 0 Å². The van der Waals surface area contributed by atoms with Gasteiger partial charge in [-0.1, -0.05) is 54.6 Å². The van der Waals surface area contributed by atoms with E-state index in [9.17, 15) is 10.2 Å². The first-order chi connectivity index (χ1) is 11.1. The van der Waals surface area contributed by atoms with Crippen molar-refractivity contribution < 1.29 is 15.3 Å². The molecule has 0 atom stereocenters. The Labute approximate surface area is 133 Å². The van der Waals surface area contributed by atoms with Gasteiger partial charge in [0.25, 0.3) is 0 Å². The summed E-state index contributed by atoms with van der Waals surface area (Å²) in [4.78, 5) is 0. The number of aromatic hydroxyl groups is 3. The van der Waals surface area contributed by atoms with E-state index in [4.69, 9.17) is 5.11 Å². The average Bonchev–Trinajstić information content (AvgIpc) is 2.57. The average molecular weight is 304 g/mol. The maximum atomic E-state index is 9.38. The quantitative estimate of drug-likeness (QED) is 0.437. The van der Waals surface area contributed by atoms with Gasteiger partial charge in [0, 0.05) is 10.8 Å². The lowest BCUT2D eigenvalue weighted by atomic mass is 10.1. The summed E-state index contributed by atoms with van der Waals surface area (Å²) in [6, 6.07) is 23.5. The highest BCUT2D eigenvalue weighted by atomic mass is 16.3. The molecule has 4 aromatic rings. The maximum Gasteiger partial charge on any atom is 0.123 e. The molecule has 0 aliphatic heterocycles. The predicted molar refractivity (Wildman–Crippen MR) is 92.9 cm³/mol. The van der Waals surface area contributed by atoms with Crippen molar-refractivity contribution in [3.63, 3.8) is 0 Å². The van der Waals surface area contributed by atoms with Crippen LogP contribution in [0.2, 0.25) is 0 Å². The lowest BCUT2D eigenvalue weighted by Crippen LogP contribution is -1.72. The third-order valence-electron chi connectivity index (χ3n) is 3.61. The van der Waals surface area contributed by atoms with Crippen LogP contribution in [0.4, 0.5) is 0 Å². The standard InChI is InChI=1S/C10H8O2.C10H8O/c11-8-5-4-7-2-1-3-10(12)9(7)6-8;11-10-7-3-5-8-4-1-2-6-9(8)10/h1-6,11-12H;1-7,11H. The molecule has 0 amide bonds. The minimum absolute atomic E-state index is 0.170. The molecule has 0 saturated carbocycles. The highest BCUT2D eigenvalue weighted by Gasteiger charge is 1.98. The molecule has 114 valence electrons. The smallest absolute Gasteiger partial charge is 0.123 e. The molecular weight excluding hydrogens is 288 g/mol. The van der Waals surface area contributed by atoms with Gasteiger partial charge in [0.15, 0.2) is 0 Å². The van der Waals surface area contributed by atoms with Gasteiger partial charge >= 0.3 is 0 Å². The van der Waals surface area contributed by atoms with E-state index in [0.29, 0.717) is 11.1 Å². The Bertz CT molecular complexity index is 956. The van der Waals surface area contributed by atoms with Crippen molar-refractivity contribution in [2.75, 3.05) is 0 Å². The number of benzene rings is 4. The van der Waals surface area contributed by atoms with Gasteiger partial charge in [-0.25, -0.2) is 0 Å². The molecular formula is C20H16O3. The van der Waals surface area contributed by atoms with Crippen molar-refractivity contribution in [3.8, 4) is 17.2 Å². The van der Waals surface area contributed by atoms with Crippen molar-refractivity contribution in [1.82, 2.24) is 0 Å². The van der Waals surface area contributed by atoms with Crippen LogP contribution in [0.3, 0.4) is 0 Å². The Morgan fingerprint density at radius 1 is 0.478 bits per heavy atom. The Hall–Kier alpha value is -3.20. The van der Waals surface area contributed by atoms with E-state index >= 15 is 0 Å². The summed E-state index contributed by atoms with van der Waals surface area (Å²) in [5.41, 5.74) is 0. The van der Waals surface area contributed by atoms with E-state index in [0.717, 1.165) is 16.2 Å². The lowest BCUT2D eigenvalue weighted by Gasteiger charge is -2.00. The normalized spacial score (nSPS) is 10.3. The van der Waals surface area contributed by atoms with Crippen molar-refractivity contribution in [1.29, 1.82) is 0 Å². The molecule has 0 unspecified atom stereocenters. The van der Waals surface area contributed by atoms with Crippen molar-refractivity contribution in [3.05, 3.63) is 78.9 Å². The zero-order chi connectivity index (χ0) is 16.2. The van der Waals surface area contributed by atoms with Crippen LogP contribution >= 0.6 is 0 Å². The second-order valence-corrected chi connectivity index (χ2v) is 5.18. The van der Waals surface area contributed by atoms with Crippen LogP contribution in [0.15, 0.2) is 78.9 Å². The second-order valence-electron chi connectivity index (χ2n) is 5.18. The first kappa shape index (κ1) is 14.7. The van der Waals surface area contributed by atoms with Crippen molar-refractivity contribution >= 4 is 21.5 Å². The fourth-order valence-corrected chi connectivity index (χ4v) is 2.45. The van der Waals surface area contributed by atoms with E-state index in [1.807, 2.05) is 42.5 Å². The number of hydrogen-bond donors (Lipinski definition) is 3. The van der Waals surface area contributed by atoms with Crippen molar-refractivity contribution in [2.24, 2.45) is 0 Å². The van der Waals surface area contributed by atoms with Gasteiger partial charge in [-0.05, 0) is 35.0 Å². The molecule has 4 aromatic carbocycles. The summed E-state index contributed by atoms with van der Waals surface area (Å²) in [6.45, 7) is 0. The van der Waals surface area contributed by atoms with Crippen LogP contribution in [0.1, 0.15) is 0 Å². The van der Waals surface area contributed by atoms with E-state index in [-0.39, 0.29) is 11.5 Å². The molecule has 0 spiro atoms. The summed E-state index contributed by atoms with van der Waals surface area (Å²) >= 11 is 0. The Morgan fingerprint density at radius 2 is 1.04 bits per heavy atom. The molecule has 23 heavy (non-hydrogen) atoms. The number of fused-ring (bicyclic) bond motifs is 2. The zero-order valence-electron chi connectivity index (χ0n) is 12.3. The summed E-state index contributed by atoms with van der Waals surface area (Å²) in [7, 11) is 0. The first-order valence-electron chi connectivity index (χ1n) is 7.22. The van der Waals surface area contributed by atoms with Gasteiger partial charge in [0.2, 0.25) is 0 Å². The molecule has 0 aliphatic rings. The highest BCUT2D eigenvalue weighted by molar-refractivity contribution is 5.89. The first-order valence-corrected chi connectivity index (χ1v) is 7.22. The molecule has 0 aliphatic carbocycles. The molecule has 0 aromatic heterocycles. The zero-order valence-corrected chi connectivity index (χ0v) is 12.3. The fraction of sp³-hybridized carbons (Fsp3) is 0. The topological polar surface area (TPSA) is 60.7 Å². The van der Waals surface area contributed by atoms with Crippen molar-refractivity contribution in [2.45, 2.75) is 0 Å². The summed E-state index contributed by atoms with van der Waals surface area (Å²) in [5, 5.41) is 31.5.